The average molecular weight is 495 g/mol. The van der Waals surface area contributed by atoms with Gasteiger partial charge in [0.05, 0.1) is 5.57 Å². The summed E-state index contributed by atoms with van der Waals surface area (Å²) in [7, 11) is 0. The van der Waals surface area contributed by atoms with Crippen LogP contribution in [0.3, 0.4) is 0 Å². The molecule has 36 heavy (non-hydrogen) atoms. The van der Waals surface area contributed by atoms with E-state index in [-0.39, 0.29) is 11.5 Å². The first-order chi connectivity index (χ1) is 17.5. The number of allylic oxidation sites excluding steroid dienone is 2. The maximum atomic E-state index is 12.4. The molecule has 0 aromatic heterocycles. The monoisotopic (exact) mass is 494 g/mol. The van der Waals surface area contributed by atoms with Gasteiger partial charge in [0, 0.05) is 22.5 Å². The van der Waals surface area contributed by atoms with Gasteiger partial charge < -0.3 is 5.11 Å². The summed E-state index contributed by atoms with van der Waals surface area (Å²) in [6, 6.07) is 21.9. The van der Waals surface area contributed by atoms with Crippen LogP contribution in [0.15, 0.2) is 71.3 Å². The molecule has 5 aliphatic rings. The molecule has 4 bridgehead atoms. The van der Waals surface area contributed by atoms with E-state index in [2.05, 4.69) is 60.3 Å². The van der Waals surface area contributed by atoms with E-state index in [0.717, 1.165) is 40.5 Å². The summed E-state index contributed by atoms with van der Waals surface area (Å²) in [5, 5.41) is 12.6. The SMILES string of the molecule is O=C1CCCC(O)=C1c1ccc2cc(-c3ccc(SC45CCC6CC(CC(C6)C4)C5)cc3)ccc2c1. The smallest absolute Gasteiger partial charge is 0.166 e. The number of benzene rings is 3. The topological polar surface area (TPSA) is 37.3 Å². The molecule has 2 atom stereocenters. The fraction of sp³-hybridized carbons (Fsp3) is 0.424. The van der Waals surface area contributed by atoms with Crippen molar-refractivity contribution in [3.63, 3.8) is 0 Å². The molecule has 1 N–H and O–H groups in total. The van der Waals surface area contributed by atoms with Gasteiger partial charge in [-0.1, -0.05) is 36.4 Å². The number of hydrogen-bond acceptors (Lipinski definition) is 3. The van der Waals surface area contributed by atoms with Crippen molar-refractivity contribution in [3.8, 4) is 11.1 Å². The van der Waals surface area contributed by atoms with E-state index in [1.54, 1.807) is 0 Å². The highest BCUT2D eigenvalue weighted by molar-refractivity contribution is 8.00. The van der Waals surface area contributed by atoms with Crippen LogP contribution in [0, 0.1) is 17.8 Å². The van der Waals surface area contributed by atoms with Gasteiger partial charge in [-0.15, -0.1) is 11.8 Å². The number of fused-ring (bicyclic) bond motifs is 2. The molecule has 2 unspecified atom stereocenters. The van der Waals surface area contributed by atoms with Crippen molar-refractivity contribution in [2.75, 3.05) is 0 Å². The van der Waals surface area contributed by atoms with Crippen molar-refractivity contribution >= 4 is 33.9 Å². The van der Waals surface area contributed by atoms with Gasteiger partial charge in [0.1, 0.15) is 5.76 Å². The minimum Gasteiger partial charge on any atom is -0.512 e. The summed E-state index contributed by atoms with van der Waals surface area (Å²) in [6.45, 7) is 0. The Morgan fingerprint density at radius 3 is 2.11 bits per heavy atom. The number of aliphatic hydroxyl groups excluding tert-OH is 1. The lowest BCUT2D eigenvalue weighted by molar-refractivity contribution is -0.114. The van der Waals surface area contributed by atoms with Crippen molar-refractivity contribution in [1.29, 1.82) is 0 Å². The van der Waals surface area contributed by atoms with E-state index in [9.17, 15) is 9.90 Å². The summed E-state index contributed by atoms with van der Waals surface area (Å²) < 4.78 is 0.477. The van der Waals surface area contributed by atoms with Gasteiger partial charge in [0.2, 0.25) is 0 Å². The van der Waals surface area contributed by atoms with Crippen LogP contribution >= 0.6 is 11.8 Å². The number of carbonyl (C=O) groups is 1. The molecule has 0 radical (unpaired) electrons. The molecule has 5 aliphatic carbocycles. The molecule has 0 aliphatic heterocycles. The minimum atomic E-state index is 0.0526. The maximum Gasteiger partial charge on any atom is 0.166 e. The lowest BCUT2D eigenvalue weighted by Gasteiger charge is -2.45. The van der Waals surface area contributed by atoms with Gasteiger partial charge in [-0.05, 0) is 121 Å². The molecule has 3 aromatic carbocycles. The van der Waals surface area contributed by atoms with Gasteiger partial charge in [-0.2, -0.15) is 0 Å². The third kappa shape index (κ3) is 4.10. The molecular formula is C33H34O2S. The molecule has 3 heteroatoms. The van der Waals surface area contributed by atoms with Gasteiger partial charge in [0.25, 0.3) is 0 Å². The number of ketones is 1. The zero-order valence-electron chi connectivity index (χ0n) is 20.8. The van der Waals surface area contributed by atoms with E-state index < -0.39 is 0 Å². The largest absolute Gasteiger partial charge is 0.512 e. The van der Waals surface area contributed by atoms with Crippen molar-refractivity contribution in [2.45, 2.75) is 73.9 Å². The molecule has 3 aromatic rings. The second kappa shape index (κ2) is 8.80. The number of Topliss-reactive ketones (excluding diaryl/α,β-unsaturated/α-hetero) is 1. The van der Waals surface area contributed by atoms with Gasteiger partial charge in [-0.3, -0.25) is 4.79 Å². The molecular weight excluding hydrogens is 460 g/mol. The molecule has 0 spiro atoms. The predicted molar refractivity (Wildman–Crippen MR) is 149 cm³/mol. The Hall–Kier alpha value is -2.52. The summed E-state index contributed by atoms with van der Waals surface area (Å²) >= 11 is 2.18. The third-order valence-corrected chi connectivity index (χ3v) is 10.8. The Morgan fingerprint density at radius 1 is 0.750 bits per heavy atom. The summed E-state index contributed by atoms with van der Waals surface area (Å²) in [5.41, 5.74) is 3.80. The first-order valence-corrected chi connectivity index (χ1v) is 14.6. The van der Waals surface area contributed by atoms with Crippen LogP contribution in [-0.2, 0) is 4.79 Å². The van der Waals surface area contributed by atoms with E-state index in [1.165, 1.54) is 61.0 Å². The highest BCUT2D eigenvalue weighted by Crippen LogP contribution is 2.59. The van der Waals surface area contributed by atoms with Gasteiger partial charge in [-0.25, -0.2) is 0 Å². The van der Waals surface area contributed by atoms with Gasteiger partial charge in [0.15, 0.2) is 5.78 Å². The van der Waals surface area contributed by atoms with E-state index in [0.29, 0.717) is 23.2 Å². The Morgan fingerprint density at radius 2 is 1.39 bits per heavy atom. The van der Waals surface area contributed by atoms with E-state index in [1.807, 2.05) is 12.1 Å². The number of rotatable bonds is 4. The predicted octanol–water partition coefficient (Wildman–Crippen LogP) is 8.98. The second-order valence-electron chi connectivity index (χ2n) is 11.9. The minimum absolute atomic E-state index is 0.0526. The van der Waals surface area contributed by atoms with Crippen LogP contribution in [-0.4, -0.2) is 15.6 Å². The van der Waals surface area contributed by atoms with Gasteiger partial charge >= 0.3 is 0 Å². The lowest BCUT2D eigenvalue weighted by Crippen LogP contribution is -2.36. The highest BCUT2D eigenvalue weighted by Gasteiger charge is 2.48. The molecule has 0 heterocycles. The Bertz CT molecular complexity index is 1350. The average Bonchev–Trinajstić information content (AvgIpc) is 3.07. The zero-order chi connectivity index (χ0) is 24.3. The van der Waals surface area contributed by atoms with Crippen molar-refractivity contribution in [3.05, 3.63) is 72.0 Å². The van der Waals surface area contributed by atoms with Crippen molar-refractivity contribution < 1.29 is 9.90 Å². The Balaban J connectivity index is 1.12. The zero-order valence-corrected chi connectivity index (χ0v) is 21.7. The lowest BCUT2D eigenvalue weighted by atomic mass is 9.67. The molecule has 0 amide bonds. The van der Waals surface area contributed by atoms with Crippen LogP contribution < -0.4 is 0 Å². The number of hydrogen-bond donors (Lipinski definition) is 1. The molecule has 2 nitrogen and oxygen atoms in total. The van der Waals surface area contributed by atoms with Crippen molar-refractivity contribution in [1.82, 2.24) is 0 Å². The van der Waals surface area contributed by atoms with Crippen LogP contribution in [0.2, 0.25) is 0 Å². The molecule has 4 fully saturated rings. The first-order valence-electron chi connectivity index (χ1n) is 13.8. The first kappa shape index (κ1) is 22.7. The summed E-state index contributed by atoms with van der Waals surface area (Å²) in [4.78, 5) is 13.8. The highest BCUT2D eigenvalue weighted by atomic mass is 32.2. The Kier molecular flexibility index (Phi) is 5.54. The molecule has 184 valence electrons. The van der Waals surface area contributed by atoms with Crippen LogP contribution in [0.1, 0.15) is 69.8 Å². The third-order valence-electron chi connectivity index (χ3n) is 9.37. The standard InChI is InChI=1S/C33H34O2S/c34-30-2-1-3-31(35)32(30)28-7-6-26-17-25(4-5-27(26)18-28)24-8-10-29(11-9-24)36-33-13-12-21-14-22(19-33)16-23(15-21)20-33/h4-11,17-18,21-23,34H,1-3,12-16,19-20H2. The summed E-state index contributed by atoms with van der Waals surface area (Å²) in [5.74, 6) is 3.26. The number of carbonyl (C=O) groups excluding carboxylic acids is 1. The second-order valence-corrected chi connectivity index (χ2v) is 13.5. The normalized spacial score (nSPS) is 29.7. The quantitative estimate of drug-likeness (QED) is 0.393. The van der Waals surface area contributed by atoms with E-state index in [4.69, 9.17) is 0 Å². The van der Waals surface area contributed by atoms with Crippen molar-refractivity contribution in [2.24, 2.45) is 17.8 Å². The van der Waals surface area contributed by atoms with Crippen LogP contribution in [0.25, 0.3) is 27.5 Å². The van der Waals surface area contributed by atoms with E-state index >= 15 is 0 Å². The fourth-order valence-electron chi connectivity index (χ4n) is 7.91. The Labute approximate surface area is 218 Å². The fourth-order valence-corrected chi connectivity index (χ4v) is 9.54. The molecule has 0 saturated heterocycles. The molecule has 8 rings (SSSR count). The van der Waals surface area contributed by atoms with Crippen LogP contribution in [0.5, 0.6) is 0 Å². The number of thioether (sulfide) groups is 1. The molecule has 4 saturated carbocycles. The van der Waals surface area contributed by atoms with Crippen LogP contribution in [0.4, 0.5) is 0 Å². The maximum absolute atomic E-state index is 12.4. The number of aliphatic hydroxyl groups is 1. The summed E-state index contributed by atoms with van der Waals surface area (Å²) in [6.07, 6.45) is 12.1.